The zero-order valence-electron chi connectivity index (χ0n) is 8.22. The van der Waals surface area contributed by atoms with E-state index in [1.54, 1.807) is 12.1 Å². The van der Waals surface area contributed by atoms with Gasteiger partial charge in [0.05, 0.1) is 5.56 Å². The molecule has 1 amide bonds. The Morgan fingerprint density at radius 1 is 1.38 bits per heavy atom. The van der Waals surface area contributed by atoms with Crippen LogP contribution in [-0.2, 0) is 0 Å². The van der Waals surface area contributed by atoms with Gasteiger partial charge in [0.1, 0.15) is 11.3 Å². The second kappa shape index (κ2) is 3.35. The minimum atomic E-state index is -0.245. The molecule has 0 aliphatic carbocycles. The number of hydrazone groups is 1. The van der Waals surface area contributed by atoms with Crippen LogP contribution in [0.4, 0.5) is 5.69 Å². The summed E-state index contributed by atoms with van der Waals surface area (Å²) in [6.07, 6.45) is 3.24. The van der Waals surface area contributed by atoms with Gasteiger partial charge in [-0.05, 0) is 24.3 Å². The topological polar surface area (TPSA) is 44.7 Å². The number of para-hydroxylation sites is 1. The Morgan fingerprint density at radius 2 is 2.19 bits per heavy atom. The van der Waals surface area contributed by atoms with Crippen LogP contribution < -0.4 is 5.32 Å². The molecule has 1 aromatic carbocycles. The Hall–Kier alpha value is -1.81. The van der Waals surface area contributed by atoms with Gasteiger partial charge < -0.3 is 5.32 Å². The fraction of sp³-hybridized carbons (Fsp3) is 0.0909. The van der Waals surface area contributed by atoms with Gasteiger partial charge in [-0.15, -0.1) is 0 Å². The van der Waals surface area contributed by atoms with E-state index in [-0.39, 0.29) is 12.1 Å². The lowest BCUT2D eigenvalue weighted by molar-refractivity contribution is 0.0721. The number of nitrogens with zero attached hydrogens (tertiary/aromatic N) is 2. The maximum absolute atomic E-state index is 12.1. The SMILES string of the molecule is O=C1c2ccccc2N[C@@H]2C=CC(Cl)=NN12. The Morgan fingerprint density at radius 3 is 3.06 bits per heavy atom. The van der Waals surface area contributed by atoms with Crippen molar-refractivity contribution in [1.29, 1.82) is 0 Å². The minimum Gasteiger partial charge on any atom is -0.360 e. The summed E-state index contributed by atoms with van der Waals surface area (Å²) in [6.45, 7) is 0. The molecule has 0 fully saturated rings. The fourth-order valence-corrected chi connectivity index (χ4v) is 1.96. The second-order valence-corrected chi connectivity index (χ2v) is 3.95. The highest BCUT2D eigenvalue weighted by molar-refractivity contribution is 6.68. The quantitative estimate of drug-likeness (QED) is 0.745. The zero-order chi connectivity index (χ0) is 11.1. The molecule has 0 saturated heterocycles. The van der Waals surface area contributed by atoms with Crippen LogP contribution >= 0.6 is 11.6 Å². The van der Waals surface area contributed by atoms with Crippen LogP contribution in [0.1, 0.15) is 10.4 Å². The minimum absolute atomic E-state index is 0.137. The Bertz CT molecular complexity index is 524. The molecule has 1 aromatic rings. The molecule has 2 heterocycles. The predicted octanol–water partition coefficient (Wildman–Crippen LogP) is 2.00. The summed E-state index contributed by atoms with van der Waals surface area (Å²) < 4.78 is 0. The smallest absolute Gasteiger partial charge is 0.278 e. The Balaban J connectivity index is 2.09. The highest BCUT2D eigenvalue weighted by Gasteiger charge is 2.31. The average molecular weight is 234 g/mol. The number of fused-ring (bicyclic) bond motifs is 2. The normalized spacial score (nSPS) is 22.1. The number of hydrogen-bond donors (Lipinski definition) is 1. The Kier molecular flexibility index (Phi) is 1.97. The maximum Gasteiger partial charge on any atom is 0.278 e. The summed E-state index contributed by atoms with van der Waals surface area (Å²) >= 11 is 5.77. The molecule has 1 N–H and O–H groups in total. The van der Waals surface area contributed by atoms with Gasteiger partial charge in [-0.25, -0.2) is 5.01 Å². The van der Waals surface area contributed by atoms with E-state index in [0.717, 1.165) is 5.69 Å². The highest BCUT2D eigenvalue weighted by Crippen LogP contribution is 2.27. The lowest BCUT2D eigenvalue weighted by atomic mass is 10.1. The number of carbonyl (C=O) groups excluding carboxylic acids is 1. The van der Waals surface area contributed by atoms with Crippen molar-refractivity contribution in [3.05, 3.63) is 42.0 Å². The lowest BCUT2D eigenvalue weighted by Gasteiger charge is -2.34. The monoisotopic (exact) mass is 233 g/mol. The molecular formula is C11H8ClN3O. The fourth-order valence-electron chi connectivity index (χ4n) is 1.81. The second-order valence-electron chi connectivity index (χ2n) is 3.57. The van der Waals surface area contributed by atoms with Crippen LogP contribution in [0.25, 0.3) is 0 Å². The van der Waals surface area contributed by atoms with Gasteiger partial charge in [0.25, 0.3) is 5.91 Å². The number of allylic oxidation sites excluding steroid dienone is 1. The molecule has 0 saturated carbocycles. The summed E-state index contributed by atoms with van der Waals surface area (Å²) in [4.78, 5) is 12.1. The zero-order valence-corrected chi connectivity index (χ0v) is 8.98. The van der Waals surface area contributed by atoms with Crippen LogP contribution in [0.2, 0.25) is 0 Å². The third-order valence-corrected chi connectivity index (χ3v) is 2.75. The van der Waals surface area contributed by atoms with Crippen LogP contribution in [0, 0.1) is 0 Å². The lowest BCUT2D eigenvalue weighted by Crippen LogP contribution is -2.46. The molecule has 3 rings (SSSR count). The number of rotatable bonds is 0. The van der Waals surface area contributed by atoms with Crippen molar-refractivity contribution < 1.29 is 4.79 Å². The van der Waals surface area contributed by atoms with E-state index in [1.807, 2.05) is 24.3 Å². The van der Waals surface area contributed by atoms with E-state index in [4.69, 9.17) is 11.6 Å². The molecule has 0 aromatic heterocycles. The van der Waals surface area contributed by atoms with Crippen LogP contribution in [0.5, 0.6) is 0 Å². The number of carbonyl (C=O) groups is 1. The number of halogens is 1. The van der Waals surface area contributed by atoms with Crippen LogP contribution in [0.3, 0.4) is 0 Å². The molecule has 80 valence electrons. The molecule has 16 heavy (non-hydrogen) atoms. The van der Waals surface area contributed by atoms with Gasteiger partial charge in [0.2, 0.25) is 0 Å². The summed E-state index contributed by atoms with van der Waals surface area (Å²) in [6, 6.07) is 7.35. The van der Waals surface area contributed by atoms with Crippen LogP contribution in [-0.4, -0.2) is 22.3 Å². The number of hydrogen-bond acceptors (Lipinski definition) is 3. The van der Waals surface area contributed by atoms with Crippen molar-refractivity contribution in [1.82, 2.24) is 5.01 Å². The molecule has 0 spiro atoms. The predicted molar refractivity (Wildman–Crippen MR) is 62.5 cm³/mol. The van der Waals surface area contributed by atoms with Crippen molar-refractivity contribution in [2.75, 3.05) is 5.32 Å². The van der Waals surface area contributed by atoms with Gasteiger partial charge >= 0.3 is 0 Å². The van der Waals surface area contributed by atoms with Crippen LogP contribution in [0.15, 0.2) is 41.5 Å². The summed E-state index contributed by atoms with van der Waals surface area (Å²) in [5.41, 5.74) is 1.44. The van der Waals surface area contributed by atoms with Crippen molar-refractivity contribution >= 4 is 28.4 Å². The van der Waals surface area contributed by atoms with E-state index in [0.29, 0.717) is 10.7 Å². The van der Waals surface area contributed by atoms with Crippen molar-refractivity contribution in [2.45, 2.75) is 6.17 Å². The first kappa shape index (κ1) is 9.42. The van der Waals surface area contributed by atoms with Gasteiger partial charge in [-0.1, -0.05) is 23.7 Å². The maximum atomic E-state index is 12.1. The molecular weight excluding hydrogens is 226 g/mol. The third-order valence-electron chi connectivity index (χ3n) is 2.55. The highest BCUT2D eigenvalue weighted by atomic mass is 35.5. The first-order valence-corrected chi connectivity index (χ1v) is 5.25. The molecule has 2 aliphatic heterocycles. The number of nitrogens with one attached hydrogen (secondary N) is 1. The number of anilines is 1. The van der Waals surface area contributed by atoms with Gasteiger partial charge in [0, 0.05) is 5.69 Å². The van der Waals surface area contributed by atoms with Gasteiger partial charge in [-0.2, -0.15) is 5.10 Å². The summed E-state index contributed by atoms with van der Waals surface area (Å²) in [5, 5.41) is 8.87. The Labute approximate surface area is 97.2 Å². The molecule has 2 aliphatic rings. The molecule has 0 bridgehead atoms. The van der Waals surface area contributed by atoms with E-state index in [2.05, 4.69) is 10.4 Å². The number of benzene rings is 1. The van der Waals surface area contributed by atoms with E-state index in [1.165, 1.54) is 5.01 Å². The summed E-state index contributed by atoms with van der Waals surface area (Å²) in [5.74, 6) is -0.137. The standard InChI is InChI=1S/C11H8ClN3O/c12-9-5-6-10-13-8-4-2-1-3-7(8)11(16)15(10)14-9/h1-6,10,13H/t10-/m0/s1. The van der Waals surface area contributed by atoms with Gasteiger partial charge in [-0.3, -0.25) is 4.79 Å². The van der Waals surface area contributed by atoms with Crippen molar-refractivity contribution in [3.63, 3.8) is 0 Å². The van der Waals surface area contributed by atoms with E-state index in [9.17, 15) is 4.79 Å². The largest absolute Gasteiger partial charge is 0.360 e. The van der Waals surface area contributed by atoms with E-state index >= 15 is 0 Å². The first-order valence-electron chi connectivity index (χ1n) is 4.87. The average Bonchev–Trinajstić information content (AvgIpc) is 2.31. The molecule has 5 heteroatoms. The molecule has 0 radical (unpaired) electrons. The molecule has 1 atom stereocenters. The van der Waals surface area contributed by atoms with E-state index < -0.39 is 0 Å². The molecule has 0 unspecified atom stereocenters. The third kappa shape index (κ3) is 1.31. The van der Waals surface area contributed by atoms with Crippen molar-refractivity contribution in [2.24, 2.45) is 5.10 Å². The number of amides is 1. The first-order chi connectivity index (χ1) is 7.75. The molecule has 4 nitrogen and oxygen atoms in total. The van der Waals surface area contributed by atoms with Crippen molar-refractivity contribution in [3.8, 4) is 0 Å². The van der Waals surface area contributed by atoms with Gasteiger partial charge in [0.15, 0.2) is 0 Å². The summed E-state index contributed by atoms with van der Waals surface area (Å²) in [7, 11) is 0.